The van der Waals surface area contributed by atoms with E-state index in [0.29, 0.717) is 48.8 Å². The van der Waals surface area contributed by atoms with Crippen LogP contribution in [0.25, 0.3) is 0 Å². The van der Waals surface area contributed by atoms with Crippen LogP contribution < -0.4 is 14.8 Å². The van der Waals surface area contributed by atoms with Gasteiger partial charge < -0.3 is 29.2 Å². The summed E-state index contributed by atoms with van der Waals surface area (Å²) in [5.41, 5.74) is 0.976. The van der Waals surface area contributed by atoms with Gasteiger partial charge in [0.1, 0.15) is 0 Å². The zero-order chi connectivity index (χ0) is 21.1. The number of guanidine groups is 1. The molecular formula is C21H34ClN3O4. The van der Waals surface area contributed by atoms with Crippen LogP contribution in [0.1, 0.15) is 25.8 Å². The SMILES string of the molecule is CCNC(=NCc1cc(Cl)c(OCC)c(OC)c1)N1CCC(COCCOC)C1. The first kappa shape index (κ1) is 23.6. The summed E-state index contributed by atoms with van der Waals surface area (Å²) in [6.07, 6.45) is 1.10. The fourth-order valence-electron chi connectivity index (χ4n) is 3.29. The maximum atomic E-state index is 6.38. The lowest BCUT2D eigenvalue weighted by Gasteiger charge is -2.22. The molecule has 7 nitrogen and oxygen atoms in total. The van der Waals surface area contributed by atoms with E-state index >= 15 is 0 Å². The molecule has 0 aliphatic carbocycles. The van der Waals surface area contributed by atoms with Crippen molar-refractivity contribution in [3.05, 3.63) is 22.7 Å². The minimum atomic E-state index is 0.510. The standard InChI is InChI=1S/C21H34ClN3O4/c1-5-23-21(25-8-7-16(14-25)15-28-10-9-26-3)24-13-17-11-18(22)20(29-6-2)19(12-17)27-4/h11-12,16H,5-10,13-15H2,1-4H3,(H,23,24). The van der Waals surface area contributed by atoms with Crippen molar-refractivity contribution in [1.82, 2.24) is 10.2 Å². The van der Waals surface area contributed by atoms with E-state index in [1.165, 1.54) is 0 Å². The Morgan fingerprint density at radius 3 is 2.79 bits per heavy atom. The van der Waals surface area contributed by atoms with Gasteiger partial charge in [-0.3, -0.25) is 0 Å². The number of methoxy groups -OCH3 is 2. The van der Waals surface area contributed by atoms with Crippen LogP contribution in [0.4, 0.5) is 0 Å². The molecule has 1 aliphatic heterocycles. The molecule has 1 atom stereocenters. The van der Waals surface area contributed by atoms with Gasteiger partial charge in [0.2, 0.25) is 0 Å². The van der Waals surface area contributed by atoms with Crippen LogP contribution >= 0.6 is 11.6 Å². The van der Waals surface area contributed by atoms with Crippen molar-refractivity contribution in [1.29, 1.82) is 0 Å². The van der Waals surface area contributed by atoms with Gasteiger partial charge in [0.15, 0.2) is 17.5 Å². The van der Waals surface area contributed by atoms with Crippen molar-refractivity contribution >= 4 is 17.6 Å². The monoisotopic (exact) mass is 427 g/mol. The minimum Gasteiger partial charge on any atom is -0.493 e. The summed E-state index contributed by atoms with van der Waals surface area (Å²) >= 11 is 6.38. The first-order chi connectivity index (χ1) is 14.1. The van der Waals surface area contributed by atoms with Crippen LogP contribution in [-0.4, -0.2) is 71.1 Å². The number of rotatable bonds is 11. The van der Waals surface area contributed by atoms with Crippen LogP contribution in [0.5, 0.6) is 11.5 Å². The average Bonchev–Trinajstić information content (AvgIpc) is 3.19. The smallest absolute Gasteiger partial charge is 0.194 e. The van der Waals surface area contributed by atoms with Crippen LogP contribution in [0, 0.1) is 5.92 Å². The molecule has 1 aromatic carbocycles. The predicted octanol–water partition coefficient (Wildman–Crippen LogP) is 3.20. The largest absolute Gasteiger partial charge is 0.493 e. The van der Waals surface area contributed by atoms with Gasteiger partial charge in [-0.1, -0.05) is 11.6 Å². The summed E-state index contributed by atoms with van der Waals surface area (Å²) in [7, 11) is 3.30. The lowest BCUT2D eigenvalue weighted by atomic mass is 10.1. The second kappa shape index (κ2) is 12.8. The van der Waals surface area contributed by atoms with Crippen molar-refractivity contribution in [2.24, 2.45) is 10.9 Å². The predicted molar refractivity (Wildman–Crippen MR) is 116 cm³/mol. The van der Waals surface area contributed by atoms with E-state index < -0.39 is 0 Å². The van der Waals surface area contributed by atoms with Crippen molar-refractivity contribution in [3.63, 3.8) is 0 Å². The lowest BCUT2D eigenvalue weighted by molar-refractivity contribution is 0.0536. The number of aliphatic imine (C=N–C) groups is 1. The Bertz CT molecular complexity index is 657. The molecule has 1 unspecified atom stereocenters. The Labute approximate surface area is 179 Å². The van der Waals surface area contributed by atoms with E-state index in [0.717, 1.165) is 44.2 Å². The van der Waals surface area contributed by atoms with Gasteiger partial charge in [0.25, 0.3) is 0 Å². The second-order valence-electron chi connectivity index (χ2n) is 6.88. The summed E-state index contributed by atoms with van der Waals surface area (Å²) in [5, 5.41) is 3.93. The number of likely N-dealkylation sites (tertiary alicyclic amines) is 1. The third kappa shape index (κ3) is 7.24. The highest BCUT2D eigenvalue weighted by molar-refractivity contribution is 6.32. The minimum absolute atomic E-state index is 0.510. The molecule has 0 bridgehead atoms. The van der Waals surface area contributed by atoms with E-state index in [9.17, 15) is 0 Å². The Kier molecular flexibility index (Phi) is 10.4. The highest BCUT2D eigenvalue weighted by Gasteiger charge is 2.25. The third-order valence-corrected chi connectivity index (χ3v) is 4.98. The van der Waals surface area contributed by atoms with E-state index in [2.05, 4.69) is 17.1 Å². The molecular weight excluding hydrogens is 394 g/mol. The molecule has 1 aromatic rings. The molecule has 0 spiro atoms. The molecule has 1 N–H and O–H groups in total. The highest BCUT2D eigenvalue weighted by atomic mass is 35.5. The van der Waals surface area contributed by atoms with Crippen molar-refractivity contribution in [2.75, 3.05) is 60.3 Å². The van der Waals surface area contributed by atoms with E-state index in [1.807, 2.05) is 19.1 Å². The number of hydrogen-bond acceptors (Lipinski definition) is 5. The zero-order valence-corrected chi connectivity index (χ0v) is 18.8. The Balaban J connectivity index is 2.01. The normalized spacial score (nSPS) is 16.9. The van der Waals surface area contributed by atoms with Crippen LogP contribution in [0.15, 0.2) is 17.1 Å². The van der Waals surface area contributed by atoms with Gasteiger partial charge in [-0.2, -0.15) is 0 Å². The average molecular weight is 428 g/mol. The molecule has 1 fully saturated rings. The molecule has 0 radical (unpaired) electrons. The molecule has 0 aromatic heterocycles. The van der Waals surface area contributed by atoms with Crippen LogP contribution in [-0.2, 0) is 16.0 Å². The van der Waals surface area contributed by atoms with Gasteiger partial charge in [0.05, 0.1) is 45.1 Å². The Hall–Kier alpha value is -1.70. The molecule has 0 amide bonds. The number of halogens is 1. The van der Waals surface area contributed by atoms with Crippen molar-refractivity contribution in [3.8, 4) is 11.5 Å². The van der Waals surface area contributed by atoms with Gasteiger partial charge in [-0.15, -0.1) is 0 Å². The van der Waals surface area contributed by atoms with Crippen LogP contribution in [0.2, 0.25) is 5.02 Å². The van der Waals surface area contributed by atoms with E-state index in [-0.39, 0.29) is 0 Å². The number of nitrogens with zero attached hydrogens (tertiary/aromatic N) is 2. The number of nitrogens with one attached hydrogen (secondary N) is 1. The van der Waals surface area contributed by atoms with E-state index in [1.54, 1.807) is 14.2 Å². The van der Waals surface area contributed by atoms with Gasteiger partial charge >= 0.3 is 0 Å². The quantitative estimate of drug-likeness (QED) is 0.332. The van der Waals surface area contributed by atoms with Gasteiger partial charge in [-0.05, 0) is 38.0 Å². The van der Waals surface area contributed by atoms with Crippen molar-refractivity contribution < 1.29 is 18.9 Å². The first-order valence-electron chi connectivity index (χ1n) is 10.2. The summed E-state index contributed by atoms with van der Waals surface area (Å²) in [6, 6.07) is 3.82. The Morgan fingerprint density at radius 1 is 1.28 bits per heavy atom. The van der Waals surface area contributed by atoms with Gasteiger partial charge in [-0.25, -0.2) is 4.99 Å². The summed E-state index contributed by atoms with van der Waals surface area (Å²) in [6.45, 7) is 9.79. The number of hydrogen-bond donors (Lipinski definition) is 1. The molecule has 2 rings (SSSR count). The Morgan fingerprint density at radius 2 is 2.10 bits per heavy atom. The number of benzene rings is 1. The molecule has 1 aliphatic rings. The molecule has 164 valence electrons. The molecule has 1 heterocycles. The summed E-state index contributed by atoms with van der Waals surface area (Å²) in [4.78, 5) is 7.11. The molecule has 0 saturated carbocycles. The van der Waals surface area contributed by atoms with E-state index in [4.69, 9.17) is 35.5 Å². The maximum absolute atomic E-state index is 6.38. The third-order valence-electron chi connectivity index (χ3n) is 4.69. The van der Waals surface area contributed by atoms with Crippen LogP contribution in [0.3, 0.4) is 0 Å². The zero-order valence-electron chi connectivity index (χ0n) is 18.0. The fourth-order valence-corrected chi connectivity index (χ4v) is 3.58. The molecule has 29 heavy (non-hydrogen) atoms. The summed E-state index contributed by atoms with van der Waals surface area (Å²) < 4.78 is 21.7. The fraction of sp³-hybridized carbons (Fsp3) is 0.667. The van der Waals surface area contributed by atoms with Gasteiger partial charge in [0, 0.05) is 32.7 Å². The highest BCUT2D eigenvalue weighted by Crippen LogP contribution is 2.36. The lowest BCUT2D eigenvalue weighted by Crippen LogP contribution is -2.40. The maximum Gasteiger partial charge on any atom is 0.194 e. The number of ether oxygens (including phenoxy) is 4. The topological polar surface area (TPSA) is 64.6 Å². The molecule has 1 saturated heterocycles. The molecule has 8 heteroatoms. The second-order valence-corrected chi connectivity index (χ2v) is 7.29. The first-order valence-corrected chi connectivity index (χ1v) is 10.6. The summed E-state index contributed by atoms with van der Waals surface area (Å²) in [5.74, 6) is 2.63. The van der Waals surface area contributed by atoms with Crippen molar-refractivity contribution in [2.45, 2.75) is 26.8 Å².